The minimum absolute atomic E-state index is 0.104. The summed E-state index contributed by atoms with van der Waals surface area (Å²) in [4.78, 5) is 11.5. The fourth-order valence-corrected chi connectivity index (χ4v) is 1.86. The SMILES string of the molecule is CC(C)CCNC(=O)CCNCc1ccccc1Cl. The molecular weight excluding hydrogens is 260 g/mol. The second-order valence-electron chi connectivity index (χ2n) is 5.05. The van der Waals surface area contributed by atoms with Crippen LogP contribution in [0.15, 0.2) is 24.3 Å². The Morgan fingerprint density at radius 3 is 2.68 bits per heavy atom. The van der Waals surface area contributed by atoms with Crippen LogP contribution in [0.25, 0.3) is 0 Å². The van der Waals surface area contributed by atoms with Gasteiger partial charge in [0.05, 0.1) is 0 Å². The lowest BCUT2D eigenvalue weighted by Gasteiger charge is -2.08. The summed E-state index contributed by atoms with van der Waals surface area (Å²) in [5.74, 6) is 0.728. The third-order valence-electron chi connectivity index (χ3n) is 2.85. The Hall–Kier alpha value is -1.06. The summed E-state index contributed by atoms with van der Waals surface area (Å²) in [7, 11) is 0. The van der Waals surface area contributed by atoms with Crippen LogP contribution in [0.4, 0.5) is 0 Å². The van der Waals surface area contributed by atoms with E-state index in [1.165, 1.54) is 0 Å². The molecule has 0 unspecified atom stereocenters. The summed E-state index contributed by atoms with van der Waals surface area (Å²) in [6.45, 7) is 6.42. The van der Waals surface area contributed by atoms with Crippen LogP contribution in [-0.2, 0) is 11.3 Å². The highest BCUT2D eigenvalue weighted by Gasteiger charge is 2.02. The van der Waals surface area contributed by atoms with E-state index in [4.69, 9.17) is 11.6 Å². The maximum absolute atomic E-state index is 11.5. The van der Waals surface area contributed by atoms with Gasteiger partial charge in [-0.25, -0.2) is 0 Å². The normalized spacial score (nSPS) is 10.7. The van der Waals surface area contributed by atoms with Crippen LogP contribution >= 0.6 is 11.6 Å². The van der Waals surface area contributed by atoms with Gasteiger partial charge in [-0.05, 0) is 24.0 Å². The van der Waals surface area contributed by atoms with E-state index in [-0.39, 0.29) is 5.91 Å². The number of hydrogen-bond acceptors (Lipinski definition) is 2. The van der Waals surface area contributed by atoms with Crippen molar-refractivity contribution in [2.75, 3.05) is 13.1 Å². The highest BCUT2D eigenvalue weighted by atomic mass is 35.5. The fourth-order valence-electron chi connectivity index (χ4n) is 1.66. The van der Waals surface area contributed by atoms with Gasteiger partial charge in [0.1, 0.15) is 0 Å². The van der Waals surface area contributed by atoms with Crippen molar-refractivity contribution < 1.29 is 4.79 Å². The van der Waals surface area contributed by atoms with Crippen molar-refractivity contribution in [2.45, 2.75) is 33.2 Å². The van der Waals surface area contributed by atoms with Crippen LogP contribution in [0, 0.1) is 5.92 Å². The lowest BCUT2D eigenvalue weighted by molar-refractivity contribution is -0.121. The van der Waals surface area contributed by atoms with Gasteiger partial charge in [0, 0.05) is 31.1 Å². The Bertz CT molecular complexity index is 393. The van der Waals surface area contributed by atoms with Gasteiger partial charge in [0.2, 0.25) is 5.91 Å². The van der Waals surface area contributed by atoms with Crippen LogP contribution in [0.3, 0.4) is 0 Å². The van der Waals surface area contributed by atoms with E-state index in [2.05, 4.69) is 24.5 Å². The minimum atomic E-state index is 0.104. The molecule has 19 heavy (non-hydrogen) atoms. The van der Waals surface area contributed by atoms with Crippen molar-refractivity contribution in [3.05, 3.63) is 34.9 Å². The molecule has 1 aromatic carbocycles. The zero-order valence-corrected chi connectivity index (χ0v) is 12.5. The Morgan fingerprint density at radius 1 is 1.26 bits per heavy atom. The van der Waals surface area contributed by atoms with E-state index < -0.39 is 0 Å². The Kier molecular flexibility index (Phi) is 7.53. The summed E-state index contributed by atoms with van der Waals surface area (Å²) in [5, 5.41) is 6.91. The average Bonchev–Trinajstić information content (AvgIpc) is 2.36. The fraction of sp³-hybridized carbons (Fsp3) is 0.533. The minimum Gasteiger partial charge on any atom is -0.356 e. The summed E-state index contributed by atoms with van der Waals surface area (Å²) < 4.78 is 0. The highest BCUT2D eigenvalue weighted by molar-refractivity contribution is 6.31. The van der Waals surface area contributed by atoms with Crippen molar-refractivity contribution in [3.63, 3.8) is 0 Å². The number of hydrogen-bond donors (Lipinski definition) is 2. The van der Waals surface area contributed by atoms with Gasteiger partial charge < -0.3 is 10.6 Å². The molecule has 0 spiro atoms. The zero-order chi connectivity index (χ0) is 14.1. The largest absolute Gasteiger partial charge is 0.356 e. The van der Waals surface area contributed by atoms with Crippen LogP contribution in [0.5, 0.6) is 0 Å². The van der Waals surface area contributed by atoms with Crippen molar-refractivity contribution in [3.8, 4) is 0 Å². The summed E-state index contributed by atoms with van der Waals surface area (Å²) in [6, 6.07) is 7.73. The third kappa shape index (κ3) is 7.19. The monoisotopic (exact) mass is 282 g/mol. The van der Waals surface area contributed by atoms with Gasteiger partial charge in [-0.3, -0.25) is 4.79 Å². The van der Waals surface area contributed by atoms with Gasteiger partial charge in [0.25, 0.3) is 0 Å². The second-order valence-corrected chi connectivity index (χ2v) is 5.46. The number of amides is 1. The molecule has 3 nitrogen and oxygen atoms in total. The summed E-state index contributed by atoms with van der Waals surface area (Å²) >= 11 is 6.04. The first-order chi connectivity index (χ1) is 9.09. The van der Waals surface area contributed by atoms with Gasteiger partial charge in [0.15, 0.2) is 0 Å². The second kappa shape index (κ2) is 8.94. The van der Waals surface area contributed by atoms with Gasteiger partial charge in [-0.15, -0.1) is 0 Å². The molecular formula is C15H23ClN2O. The summed E-state index contributed by atoms with van der Waals surface area (Å²) in [6.07, 6.45) is 1.53. The molecule has 0 radical (unpaired) electrons. The van der Waals surface area contributed by atoms with Crippen molar-refractivity contribution in [2.24, 2.45) is 5.92 Å². The molecule has 106 valence electrons. The molecule has 0 aliphatic rings. The molecule has 0 saturated heterocycles. The molecule has 0 heterocycles. The van der Waals surface area contributed by atoms with Gasteiger partial charge in [-0.1, -0.05) is 43.6 Å². The molecule has 0 aromatic heterocycles. The van der Waals surface area contributed by atoms with Crippen LogP contribution in [0.1, 0.15) is 32.3 Å². The van der Waals surface area contributed by atoms with E-state index in [9.17, 15) is 4.79 Å². The van der Waals surface area contributed by atoms with E-state index in [0.717, 1.165) is 23.6 Å². The predicted octanol–water partition coefficient (Wildman–Crippen LogP) is 2.98. The van der Waals surface area contributed by atoms with Crippen LogP contribution in [-0.4, -0.2) is 19.0 Å². The van der Waals surface area contributed by atoms with Gasteiger partial charge >= 0.3 is 0 Å². The highest BCUT2D eigenvalue weighted by Crippen LogP contribution is 2.14. The molecule has 1 rings (SSSR count). The number of carbonyl (C=O) groups is 1. The number of rotatable bonds is 8. The standard InChI is InChI=1S/C15H23ClN2O/c1-12(2)7-10-18-15(19)8-9-17-11-13-5-3-4-6-14(13)16/h3-6,12,17H,7-11H2,1-2H3,(H,18,19). The maximum Gasteiger partial charge on any atom is 0.221 e. The molecule has 0 fully saturated rings. The van der Waals surface area contributed by atoms with Crippen LogP contribution < -0.4 is 10.6 Å². The number of carbonyl (C=O) groups excluding carboxylic acids is 1. The predicted molar refractivity (Wildman–Crippen MR) is 80.2 cm³/mol. The molecule has 4 heteroatoms. The van der Waals surface area contributed by atoms with Crippen molar-refractivity contribution in [1.82, 2.24) is 10.6 Å². The van der Waals surface area contributed by atoms with E-state index >= 15 is 0 Å². The van der Waals surface area contributed by atoms with E-state index in [1.807, 2.05) is 24.3 Å². The average molecular weight is 283 g/mol. The maximum atomic E-state index is 11.5. The first-order valence-electron chi connectivity index (χ1n) is 6.80. The van der Waals surface area contributed by atoms with Crippen LogP contribution in [0.2, 0.25) is 5.02 Å². The van der Waals surface area contributed by atoms with E-state index in [1.54, 1.807) is 0 Å². The Balaban J connectivity index is 2.10. The zero-order valence-electron chi connectivity index (χ0n) is 11.7. The molecule has 0 bridgehead atoms. The number of halogens is 1. The number of nitrogens with one attached hydrogen (secondary N) is 2. The summed E-state index contributed by atoms with van der Waals surface area (Å²) in [5.41, 5.74) is 1.06. The first kappa shape index (κ1) is 16.0. The topological polar surface area (TPSA) is 41.1 Å². The number of benzene rings is 1. The molecule has 0 atom stereocenters. The quantitative estimate of drug-likeness (QED) is 0.720. The first-order valence-corrected chi connectivity index (χ1v) is 7.18. The molecule has 1 aromatic rings. The third-order valence-corrected chi connectivity index (χ3v) is 3.21. The molecule has 0 saturated carbocycles. The molecule has 2 N–H and O–H groups in total. The van der Waals surface area contributed by atoms with Crippen molar-refractivity contribution >= 4 is 17.5 Å². The Morgan fingerprint density at radius 2 is 2.00 bits per heavy atom. The lowest BCUT2D eigenvalue weighted by Crippen LogP contribution is -2.28. The molecule has 0 aliphatic carbocycles. The lowest BCUT2D eigenvalue weighted by atomic mass is 10.1. The van der Waals surface area contributed by atoms with Crippen molar-refractivity contribution in [1.29, 1.82) is 0 Å². The molecule has 0 aliphatic heterocycles. The molecule has 1 amide bonds. The van der Waals surface area contributed by atoms with Gasteiger partial charge in [-0.2, -0.15) is 0 Å². The smallest absolute Gasteiger partial charge is 0.221 e. The van der Waals surface area contributed by atoms with E-state index in [0.29, 0.717) is 25.4 Å². The Labute approximate surface area is 120 Å².